The van der Waals surface area contributed by atoms with E-state index in [9.17, 15) is 15.2 Å². The molecule has 0 spiro atoms. The number of fused-ring (bicyclic) bond motifs is 2. The number of carbonyl (C=O) groups is 1. The Morgan fingerprint density at radius 1 is 1.18 bits per heavy atom. The van der Waals surface area contributed by atoms with Gasteiger partial charge < -0.3 is 10.0 Å². The van der Waals surface area contributed by atoms with Crippen LogP contribution in [0.3, 0.4) is 0 Å². The summed E-state index contributed by atoms with van der Waals surface area (Å²) in [5.41, 5.74) is 1.41. The van der Waals surface area contributed by atoms with Gasteiger partial charge in [-0.05, 0) is 18.6 Å². The van der Waals surface area contributed by atoms with Crippen molar-refractivity contribution in [1.82, 2.24) is 4.90 Å². The van der Waals surface area contributed by atoms with Crippen LogP contribution < -0.4 is 4.90 Å². The Bertz CT molecular complexity index is 811. The second-order valence-corrected chi connectivity index (χ2v) is 5.80. The second kappa shape index (κ2) is 4.72. The van der Waals surface area contributed by atoms with Crippen molar-refractivity contribution in [3.8, 4) is 6.07 Å². The van der Waals surface area contributed by atoms with Crippen LogP contribution in [0.1, 0.15) is 12.0 Å². The number of hydrogen-bond acceptors (Lipinski definition) is 3. The molecule has 0 aliphatic carbocycles. The molecule has 0 bridgehead atoms. The summed E-state index contributed by atoms with van der Waals surface area (Å²) in [6, 6.07) is 13.2. The molecule has 5 heteroatoms. The Labute approximate surface area is 128 Å². The Kier molecular flexibility index (Phi) is 2.81. The van der Waals surface area contributed by atoms with E-state index >= 15 is 0 Å². The van der Waals surface area contributed by atoms with Gasteiger partial charge in [0, 0.05) is 17.3 Å². The number of amides is 2. The fourth-order valence-corrected chi connectivity index (χ4v) is 3.53. The zero-order valence-corrected chi connectivity index (χ0v) is 11.9. The van der Waals surface area contributed by atoms with Crippen molar-refractivity contribution in [1.29, 1.82) is 5.26 Å². The van der Waals surface area contributed by atoms with E-state index in [0.29, 0.717) is 25.1 Å². The van der Waals surface area contributed by atoms with E-state index in [1.807, 2.05) is 30.3 Å². The second-order valence-electron chi connectivity index (χ2n) is 5.80. The van der Waals surface area contributed by atoms with Gasteiger partial charge in [0.05, 0.1) is 36.0 Å². The van der Waals surface area contributed by atoms with E-state index in [2.05, 4.69) is 6.07 Å². The van der Waals surface area contributed by atoms with E-state index in [4.69, 9.17) is 0 Å². The molecule has 0 saturated carbocycles. The number of carbonyl (C=O) groups excluding carboxylic acids is 1. The standard InChI is InChI=1S/C17H15N3O2/c18-9-11-5-6-14(13-4-2-1-3-12(11)13)20-10-15-16(21)7-8-19(15)17(20)22/h1-6,15-16,21H,7-8,10H2/t15?,16-/m0/s1. The van der Waals surface area contributed by atoms with E-state index in [-0.39, 0.29) is 12.1 Å². The lowest BCUT2D eigenvalue weighted by Gasteiger charge is -2.19. The number of nitriles is 1. The molecule has 2 aromatic rings. The van der Waals surface area contributed by atoms with Gasteiger partial charge in [-0.25, -0.2) is 4.79 Å². The number of anilines is 1. The SMILES string of the molecule is N#Cc1ccc(N2CC3[C@@H](O)CCN3C2=O)c2ccccc12. The van der Waals surface area contributed by atoms with Gasteiger partial charge in [-0.3, -0.25) is 4.90 Å². The van der Waals surface area contributed by atoms with Crippen LogP contribution in [0.4, 0.5) is 10.5 Å². The van der Waals surface area contributed by atoms with Crippen LogP contribution >= 0.6 is 0 Å². The third-order valence-corrected chi connectivity index (χ3v) is 4.67. The number of hydrogen-bond donors (Lipinski definition) is 1. The highest BCUT2D eigenvalue weighted by Gasteiger charge is 2.45. The van der Waals surface area contributed by atoms with Crippen LogP contribution in [-0.4, -0.2) is 41.3 Å². The topological polar surface area (TPSA) is 67.6 Å². The Morgan fingerprint density at radius 2 is 1.95 bits per heavy atom. The fourth-order valence-electron chi connectivity index (χ4n) is 3.53. The molecule has 22 heavy (non-hydrogen) atoms. The van der Waals surface area contributed by atoms with Crippen molar-refractivity contribution >= 4 is 22.5 Å². The summed E-state index contributed by atoms with van der Waals surface area (Å²) >= 11 is 0. The third kappa shape index (κ3) is 1.71. The number of rotatable bonds is 1. The summed E-state index contributed by atoms with van der Waals surface area (Å²) in [4.78, 5) is 16.1. The lowest BCUT2D eigenvalue weighted by Crippen LogP contribution is -2.32. The van der Waals surface area contributed by atoms with Crippen molar-refractivity contribution in [3.63, 3.8) is 0 Å². The molecule has 2 atom stereocenters. The quantitative estimate of drug-likeness (QED) is 0.875. The number of benzene rings is 2. The minimum Gasteiger partial charge on any atom is -0.391 e. The third-order valence-electron chi connectivity index (χ3n) is 4.67. The maximum Gasteiger partial charge on any atom is 0.324 e. The molecular weight excluding hydrogens is 278 g/mol. The molecule has 2 amide bonds. The molecule has 2 aliphatic rings. The molecule has 2 aliphatic heterocycles. The Hall–Kier alpha value is -2.58. The fraction of sp³-hybridized carbons (Fsp3) is 0.294. The van der Waals surface area contributed by atoms with Crippen molar-refractivity contribution < 1.29 is 9.90 Å². The summed E-state index contributed by atoms with van der Waals surface area (Å²) in [5, 5.41) is 21.0. The highest BCUT2D eigenvalue weighted by molar-refractivity contribution is 6.06. The zero-order valence-electron chi connectivity index (χ0n) is 11.9. The normalized spacial score (nSPS) is 23.9. The van der Waals surface area contributed by atoms with Gasteiger partial charge in [0.15, 0.2) is 0 Å². The lowest BCUT2D eigenvalue weighted by molar-refractivity contribution is 0.144. The molecule has 0 aromatic heterocycles. The lowest BCUT2D eigenvalue weighted by atomic mass is 10.0. The highest BCUT2D eigenvalue weighted by atomic mass is 16.3. The molecule has 1 N–H and O–H groups in total. The predicted molar refractivity (Wildman–Crippen MR) is 82.5 cm³/mol. The first kappa shape index (κ1) is 13.1. The van der Waals surface area contributed by atoms with Crippen LogP contribution in [-0.2, 0) is 0 Å². The average Bonchev–Trinajstić information content (AvgIpc) is 3.07. The van der Waals surface area contributed by atoms with Crippen LogP contribution in [0.2, 0.25) is 0 Å². The summed E-state index contributed by atoms with van der Waals surface area (Å²) in [6.07, 6.45) is 0.205. The smallest absolute Gasteiger partial charge is 0.324 e. The first-order valence-corrected chi connectivity index (χ1v) is 7.39. The first-order valence-electron chi connectivity index (χ1n) is 7.39. The largest absolute Gasteiger partial charge is 0.391 e. The van der Waals surface area contributed by atoms with E-state index in [0.717, 1.165) is 16.5 Å². The summed E-state index contributed by atoms with van der Waals surface area (Å²) in [7, 11) is 0. The zero-order chi connectivity index (χ0) is 15.3. The van der Waals surface area contributed by atoms with Gasteiger partial charge in [-0.1, -0.05) is 24.3 Å². The van der Waals surface area contributed by atoms with E-state index in [1.165, 1.54) is 0 Å². The van der Waals surface area contributed by atoms with Crippen LogP contribution in [0.25, 0.3) is 10.8 Å². The minimum atomic E-state index is -0.446. The molecule has 2 saturated heterocycles. The van der Waals surface area contributed by atoms with Gasteiger partial charge in [-0.15, -0.1) is 0 Å². The molecule has 1 unspecified atom stereocenters. The van der Waals surface area contributed by atoms with Crippen LogP contribution in [0, 0.1) is 11.3 Å². The van der Waals surface area contributed by atoms with Crippen LogP contribution in [0.5, 0.6) is 0 Å². The molecule has 2 aromatic carbocycles. The predicted octanol–water partition coefficient (Wildman–Crippen LogP) is 2.09. The van der Waals surface area contributed by atoms with Crippen molar-refractivity contribution in [2.24, 2.45) is 0 Å². The van der Waals surface area contributed by atoms with E-state index < -0.39 is 6.10 Å². The molecule has 0 radical (unpaired) electrons. The molecule has 110 valence electrons. The van der Waals surface area contributed by atoms with Gasteiger partial charge in [0.2, 0.25) is 0 Å². The molecule has 2 heterocycles. The average molecular weight is 293 g/mol. The van der Waals surface area contributed by atoms with Crippen molar-refractivity contribution in [3.05, 3.63) is 42.0 Å². The number of nitrogens with zero attached hydrogens (tertiary/aromatic N) is 3. The highest BCUT2D eigenvalue weighted by Crippen LogP contribution is 2.35. The minimum absolute atomic E-state index is 0.0589. The van der Waals surface area contributed by atoms with Gasteiger partial charge in [0.1, 0.15) is 0 Å². The number of aliphatic hydroxyl groups excluding tert-OH is 1. The molecule has 4 rings (SSSR count). The summed E-state index contributed by atoms with van der Waals surface area (Å²) in [5.74, 6) is 0. The summed E-state index contributed by atoms with van der Waals surface area (Å²) in [6.45, 7) is 1.10. The maximum absolute atomic E-state index is 12.6. The van der Waals surface area contributed by atoms with Gasteiger partial charge in [-0.2, -0.15) is 5.26 Å². The molecule has 2 fully saturated rings. The molecule has 5 nitrogen and oxygen atoms in total. The Balaban J connectivity index is 1.83. The van der Waals surface area contributed by atoms with Gasteiger partial charge >= 0.3 is 6.03 Å². The van der Waals surface area contributed by atoms with Crippen LogP contribution in [0.15, 0.2) is 36.4 Å². The maximum atomic E-state index is 12.6. The van der Waals surface area contributed by atoms with Crippen molar-refractivity contribution in [2.45, 2.75) is 18.6 Å². The Morgan fingerprint density at radius 3 is 2.68 bits per heavy atom. The number of urea groups is 1. The molecular formula is C17H15N3O2. The summed E-state index contributed by atoms with van der Waals surface area (Å²) < 4.78 is 0. The van der Waals surface area contributed by atoms with Crippen molar-refractivity contribution in [2.75, 3.05) is 18.0 Å². The van der Waals surface area contributed by atoms with Gasteiger partial charge in [0.25, 0.3) is 0 Å². The number of aliphatic hydroxyl groups is 1. The first-order chi connectivity index (χ1) is 10.7. The van der Waals surface area contributed by atoms with E-state index in [1.54, 1.807) is 15.9 Å². The monoisotopic (exact) mass is 293 g/mol.